The van der Waals surface area contributed by atoms with E-state index in [0.29, 0.717) is 38.0 Å². The highest BCUT2D eigenvalue weighted by molar-refractivity contribution is 7.97. The molecule has 6 rings (SSSR count). The number of allylic oxidation sites excluding steroid dienone is 2. The largest absolute Gasteiger partial charge is 0.511 e. The Bertz CT molecular complexity index is 3040. The van der Waals surface area contributed by atoms with Crippen LogP contribution in [0.4, 0.5) is 61.5 Å². The van der Waals surface area contributed by atoms with E-state index in [1.54, 1.807) is 18.6 Å². The number of carbonyl (C=O) groups is 4. The van der Waals surface area contributed by atoms with Crippen LogP contribution in [0.2, 0.25) is 0 Å². The lowest BCUT2D eigenvalue weighted by molar-refractivity contribution is -0.390. The van der Waals surface area contributed by atoms with Crippen molar-refractivity contribution in [2.45, 2.75) is 187 Å². The fraction of sp³-hybridized carbons (Fsp3) is 0.545. The van der Waals surface area contributed by atoms with Crippen molar-refractivity contribution < 1.29 is 123 Å². The lowest BCUT2D eigenvalue weighted by Crippen LogP contribution is -2.63. The minimum absolute atomic E-state index is 0.0146. The normalized spacial score (nSPS) is 19.8. The van der Waals surface area contributed by atoms with Crippen molar-refractivity contribution in [3.8, 4) is 0 Å². The molecule has 8 unspecified atom stereocenters. The lowest BCUT2D eigenvalue weighted by Gasteiger charge is -2.46. The van der Waals surface area contributed by atoms with Gasteiger partial charge < -0.3 is 34.3 Å². The predicted molar refractivity (Wildman–Crippen MR) is 330 cm³/mol. The van der Waals surface area contributed by atoms with Crippen LogP contribution in [-0.4, -0.2) is 126 Å². The van der Waals surface area contributed by atoms with E-state index < -0.39 is 137 Å². The first-order valence-electron chi connectivity index (χ1n) is 29.8. The molecule has 3 aromatic carbocycles. The molecule has 0 amide bonds. The minimum atomic E-state index is -5.99. The molecular formula is C66H84F14NO13S2+. The summed E-state index contributed by atoms with van der Waals surface area (Å²) in [5, 5.41) is 29.2. The Kier molecular flexibility index (Phi) is 32.1. The molecule has 96 heavy (non-hydrogen) atoms. The summed E-state index contributed by atoms with van der Waals surface area (Å²) in [7, 11) is -5.19. The average Bonchev–Trinajstić information content (AvgIpc) is 0.913. The summed E-state index contributed by atoms with van der Waals surface area (Å²) in [4.78, 5) is 48.6. The van der Waals surface area contributed by atoms with E-state index >= 15 is 0 Å². The van der Waals surface area contributed by atoms with Gasteiger partial charge in [0.1, 0.15) is 12.2 Å². The second kappa shape index (κ2) is 36.0. The van der Waals surface area contributed by atoms with Crippen LogP contribution in [0.1, 0.15) is 114 Å². The monoisotopic (exact) mass is 1430 g/mol. The number of rotatable bonds is 22. The molecule has 0 saturated heterocycles. The SMILES string of the molecule is C=C(C)C(=O)OC(CC(C)C)CC(C)(O)C(F)(F)F.C=C(C)C(=O)OC1CC(C(C)(C)O)CC(C(O)(C(F)(F)F)C(F)(F)F)C1.C=C(C)C(=O)OCC(=O)OCC(C)(F)F.O=S(=O)(NCCC1CC2C=CC1C2)C(F)(F)F.c1ccc([S+](c2ccccc2)c2ccccc2)cc1. The second-order valence-corrected chi connectivity index (χ2v) is 28.5. The summed E-state index contributed by atoms with van der Waals surface area (Å²) in [5.41, 5.74) is -14.6. The molecule has 3 aromatic rings. The number of sulfonamides is 1. The fourth-order valence-corrected chi connectivity index (χ4v) is 12.6. The van der Waals surface area contributed by atoms with E-state index in [9.17, 15) is 104 Å². The summed E-state index contributed by atoms with van der Waals surface area (Å²) >= 11 is 0. The zero-order valence-corrected chi connectivity index (χ0v) is 56.0. The van der Waals surface area contributed by atoms with Crippen LogP contribution in [0.5, 0.6) is 0 Å². The number of ether oxygens (including phenoxy) is 4. The molecule has 8 atom stereocenters. The number of fused-ring (bicyclic) bond motifs is 2. The van der Waals surface area contributed by atoms with Gasteiger partial charge in [0.05, 0.1) is 16.5 Å². The van der Waals surface area contributed by atoms with Crippen LogP contribution in [0.15, 0.2) is 154 Å². The van der Waals surface area contributed by atoms with Crippen molar-refractivity contribution in [1.29, 1.82) is 0 Å². The Morgan fingerprint density at radius 3 is 1.41 bits per heavy atom. The summed E-state index contributed by atoms with van der Waals surface area (Å²) in [5.74, 6) is -8.66. The number of hydrogen-bond donors (Lipinski definition) is 4. The Balaban J connectivity index is 0.000000413. The van der Waals surface area contributed by atoms with Gasteiger partial charge in [-0.2, -0.15) is 52.7 Å². The number of benzene rings is 3. The molecule has 2 saturated carbocycles. The Morgan fingerprint density at radius 2 is 1.05 bits per heavy atom. The highest BCUT2D eigenvalue weighted by Crippen LogP contribution is 2.54. The molecule has 0 heterocycles. The van der Waals surface area contributed by atoms with Gasteiger partial charge in [0.2, 0.25) is 0 Å². The van der Waals surface area contributed by atoms with E-state index in [4.69, 9.17) is 9.47 Å². The maximum absolute atomic E-state index is 13.2. The van der Waals surface area contributed by atoms with Crippen LogP contribution >= 0.6 is 0 Å². The molecule has 3 aliphatic carbocycles. The third-order valence-corrected chi connectivity index (χ3v) is 18.4. The molecule has 30 heteroatoms. The molecular weight excluding hydrogens is 1340 g/mol. The number of carbonyl (C=O) groups excluding carboxylic acids is 4. The first-order valence-corrected chi connectivity index (χ1v) is 32.5. The van der Waals surface area contributed by atoms with Crippen molar-refractivity contribution >= 4 is 44.8 Å². The van der Waals surface area contributed by atoms with Gasteiger partial charge in [0.25, 0.3) is 11.5 Å². The minimum Gasteiger partial charge on any atom is -0.459 e. The van der Waals surface area contributed by atoms with Crippen LogP contribution < -0.4 is 4.72 Å². The maximum atomic E-state index is 13.2. The fourth-order valence-electron chi connectivity index (χ4n) is 9.93. The van der Waals surface area contributed by atoms with Gasteiger partial charge in [-0.1, -0.05) is 100 Å². The number of nitrogens with one attached hydrogen (secondary N) is 1. The smallest absolute Gasteiger partial charge is 0.459 e. The highest BCUT2D eigenvalue weighted by Gasteiger charge is 2.74. The van der Waals surface area contributed by atoms with Gasteiger partial charge in [-0.05, 0) is 152 Å². The van der Waals surface area contributed by atoms with Crippen LogP contribution in [0.3, 0.4) is 0 Å². The summed E-state index contributed by atoms with van der Waals surface area (Å²) in [6, 6.07) is 32.2. The summed E-state index contributed by atoms with van der Waals surface area (Å²) in [6.45, 7) is 19.5. The Labute approximate surface area is 553 Å². The van der Waals surface area contributed by atoms with Crippen molar-refractivity contribution in [1.82, 2.24) is 4.72 Å². The van der Waals surface area contributed by atoms with Crippen LogP contribution in [-0.2, 0) is 59.0 Å². The number of hydrogen-bond acceptors (Lipinski definition) is 13. The van der Waals surface area contributed by atoms with Crippen molar-refractivity contribution in [2.24, 2.45) is 35.5 Å². The molecule has 0 radical (unpaired) electrons. The molecule has 0 aliphatic heterocycles. The lowest BCUT2D eigenvalue weighted by atomic mass is 9.67. The average molecular weight is 1430 g/mol. The predicted octanol–water partition coefficient (Wildman–Crippen LogP) is 14.9. The summed E-state index contributed by atoms with van der Waals surface area (Å²) < 4.78 is 219. The number of aliphatic hydroxyl groups is 3. The molecule has 2 bridgehead atoms. The quantitative estimate of drug-likeness (QED) is 0.0184. The molecule has 0 aromatic heterocycles. The van der Waals surface area contributed by atoms with Gasteiger partial charge in [0, 0.05) is 42.5 Å². The van der Waals surface area contributed by atoms with E-state index in [1.165, 1.54) is 49.3 Å². The highest BCUT2D eigenvalue weighted by atomic mass is 32.2. The molecule has 0 spiro atoms. The van der Waals surface area contributed by atoms with E-state index in [-0.39, 0.29) is 52.9 Å². The first kappa shape index (κ1) is 85.7. The van der Waals surface area contributed by atoms with Gasteiger partial charge in [-0.25, -0.2) is 41.1 Å². The first-order chi connectivity index (χ1) is 43.7. The second-order valence-electron chi connectivity index (χ2n) is 24.7. The summed E-state index contributed by atoms with van der Waals surface area (Å²) in [6.07, 6.45) is -14.5. The topological polar surface area (TPSA) is 212 Å². The molecule has 2 fully saturated rings. The zero-order valence-electron chi connectivity index (χ0n) is 54.4. The Hall–Kier alpha value is -6.34. The van der Waals surface area contributed by atoms with E-state index in [0.717, 1.165) is 12.8 Å². The molecule has 3 aliphatic rings. The third kappa shape index (κ3) is 27.9. The van der Waals surface area contributed by atoms with Crippen LogP contribution in [0, 0.1) is 35.5 Å². The van der Waals surface area contributed by atoms with Gasteiger partial charge in [-0.15, -0.1) is 0 Å². The number of esters is 4. The number of alkyl halides is 14. The van der Waals surface area contributed by atoms with Gasteiger partial charge in [0.15, 0.2) is 33.5 Å². The maximum Gasteiger partial charge on any atom is 0.511 e. The number of halogens is 14. The van der Waals surface area contributed by atoms with Gasteiger partial charge >= 0.3 is 57.9 Å². The van der Waals surface area contributed by atoms with E-state index in [1.807, 2.05) is 0 Å². The van der Waals surface area contributed by atoms with Crippen LogP contribution in [0.25, 0.3) is 0 Å². The zero-order chi connectivity index (χ0) is 73.8. The Morgan fingerprint density at radius 1 is 0.604 bits per heavy atom. The standard InChI is InChI=1S/C18H15S.C16H22F6O4.C13H21F3O3.C10H14F3NO2S.C9H12F2O4/c1-4-10-16(11-5-1)19(17-12-6-2-7-13-17)18-14-8-3-9-15-18;1-8(2)12(23)26-11-6-9(13(3,4)24)5-10(7-11)14(25,15(17,18)19)16(20,21)22;1-8(2)6-10(19-11(17)9(3)4)7-12(5,18)13(14,15)16;11-10(12,13)17(15,16)14-4-3-9-6-7-1-2-8(9)5-7;1-6(2)8(13)14-4-7(12)15-5-9(3,10)11/h1-15H;9-11,24-25H,1,5-7H2,2-4H3;8,10,18H,3,6-7H2,1-2,4-5H3;1-2,7-9,14H,3-6H2;1,4-5H2,2-3H3/q+1;;;;. The van der Waals surface area contributed by atoms with Gasteiger partial charge in [-0.3, -0.25) is 0 Å². The van der Waals surface area contributed by atoms with Crippen molar-refractivity contribution in [2.75, 3.05) is 19.8 Å². The van der Waals surface area contributed by atoms with Crippen molar-refractivity contribution in [3.63, 3.8) is 0 Å². The molecule has 4 N–H and O–H groups in total. The molecule has 14 nitrogen and oxygen atoms in total. The van der Waals surface area contributed by atoms with E-state index in [2.05, 4.69) is 132 Å². The third-order valence-electron chi connectivity index (χ3n) is 15.0. The molecule has 540 valence electrons. The van der Waals surface area contributed by atoms with Crippen molar-refractivity contribution in [3.05, 3.63) is 140 Å².